The first-order valence-corrected chi connectivity index (χ1v) is 15.4. The van der Waals surface area contributed by atoms with Gasteiger partial charge in [-0.2, -0.15) is 0 Å². The van der Waals surface area contributed by atoms with Crippen molar-refractivity contribution in [2.75, 3.05) is 37.7 Å². The van der Waals surface area contributed by atoms with E-state index in [1.807, 2.05) is 18.7 Å². The highest BCUT2D eigenvalue weighted by molar-refractivity contribution is 5.69. The first kappa shape index (κ1) is 33.2. The molecule has 2 aliphatic rings. The molecule has 3 heterocycles. The second-order valence-corrected chi connectivity index (χ2v) is 13.0. The Bertz CT molecular complexity index is 1260. The summed E-state index contributed by atoms with van der Waals surface area (Å²) in [5.74, 6) is 0.0752. The van der Waals surface area contributed by atoms with Gasteiger partial charge in [0.15, 0.2) is 5.75 Å². The molecule has 1 aromatic heterocycles. The molecule has 3 atom stereocenters. The molecule has 2 aliphatic heterocycles. The second-order valence-electron chi connectivity index (χ2n) is 13.0. The third kappa shape index (κ3) is 9.15. The molecule has 242 valence electrons. The van der Waals surface area contributed by atoms with Crippen LogP contribution in [0.4, 0.5) is 24.3 Å². The lowest BCUT2D eigenvalue weighted by Gasteiger charge is -2.34. The van der Waals surface area contributed by atoms with E-state index < -0.39 is 35.3 Å². The predicted molar refractivity (Wildman–Crippen MR) is 162 cm³/mol. The number of alkyl carbamates (subject to hydrolysis) is 1. The van der Waals surface area contributed by atoms with E-state index in [0.29, 0.717) is 61.9 Å². The minimum Gasteiger partial charge on any atom is -0.490 e. The molecule has 2 unspecified atom stereocenters. The Labute approximate surface area is 258 Å². The number of rotatable bonds is 9. The van der Waals surface area contributed by atoms with Gasteiger partial charge in [0.05, 0.1) is 31.1 Å². The van der Waals surface area contributed by atoms with E-state index in [-0.39, 0.29) is 12.2 Å². The fraction of sp³-hybridized carbons (Fsp3) is 0.625. The summed E-state index contributed by atoms with van der Waals surface area (Å²) in [5, 5.41) is 2.85. The Hall–Kier alpha value is -3.70. The minimum atomic E-state index is -0.698. The monoisotopic (exact) mass is 617 g/mol. The summed E-state index contributed by atoms with van der Waals surface area (Å²) in [6.07, 6.45) is 4.98. The highest BCUT2D eigenvalue weighted by Gasteiger charge is 2.38. The van der Waals surface area contributed by atoms with Crippen LogP contribution in [0.25, 0.3) is 0 Å². The van der Waals surface area contributed by atoms with Gasteiger partial charge in [-0.3, -0.25) is 0 Å². The topological polar surface area (TPSA) is 106 Å². The molecule has 1 aromatic carbocycles. The number of halogens is 2. The van der Waals surface area contributed by atoms with Crippen LogP contribution in [-0.4, -0.2) is 77.6 Å². The second kappa shape index (κ2) is 14.4. The van der Waals surface area contributed by atoms with Crippen molar-refractivity contribution in [1.29, 1.82) is 0 Å². The number of benzene rings is 1. The Morgan fingerprint density at radius 2 is 1.75 bits per heavy atom. The van der Waals surface area contributed by atoms with Crippen molar-refractivity contribution in [3.05, 3.63) is 47.8 Å². The molecule has 10 nitrogen and oxygen atoms in total. The van der Waals surface area contributed by atoms with Crippen molar-refractivity contribution in [2.45, 2.75) is 84.5 Å². The number of nitrogens with one attached hydrogen (secondary N) is 1. The number of aromatic nitrogens is 2. The number of piperidine rings is 1. The van der Waals surface area contributed by atoms with Gasteiger partial charge in [0.1, 0.15) is 17.2 Å². The van der Waals surface area contributed by atoms with E-state index in [2.05, 4.69) is 22.2 Å². The van der Waals surface area contributed by atoms with E-state index in [9.17, 15) is 18.4 Å². The highest BCUT2D eigenvalue weighted by Crippen LogP contribution is 2.32. The number of carbonyl (C=O) groups excluding carboxylic acids is 2. The first-order valence-electron chi connectivity index (χ1n) is 15.4. The SMILES string of the molecule is CC(C)OC(=O)N1CCC([C@H](C)CCOc2cnc(N3CC(NC(=O)OC(C)(C)C)C(c4ccc(F)cc4F)C3)nc2)CC1. The molecule has 0 spiro atoms. The number of nitrogens with zero attached hydrogens (tertiary/aromatic N) is 4. The van der Waals surface area contributed by atoms with E-state index in [1.54, 1.807) is 38.1 Å². The van der Waals surface area contributed by atoms with Crippen LogP contribution in [0.15, 0.2) is 30.6 Å². The third-order valence-corrected chi connectivity index (χ3v) is 8.06. The molecule has 4 rings (SSSR count). The molecule has 0 radical (unpaired) electrons. The quantitative estimate of drug-likeness (QED) is 0.370. The van der Waals surface area contributed by atoms with Crippen molar-refractivity contribution in [2.24, 2.45) is 11.8 Å². The molecule has 12 heteroatoms. The molecule has 2 fully saturated rings. The van der Waals surface area contributed by atoms with Crippen molar-refractivity contribution in [1.82, 2.24) is 20.2 Å². The maximum absolute atomic E-state index is 14.8. The molecule has 0 saturated carbocycles. The highest BCUT2D eigenvalue weighted by atomic mass is 19.1. The van der Waals surface area contributed by atoms with Gasteiger partial charge < -0.3 is 29.3 Å². The van der Waals surface area contributed by atoms with Gasteiger partial charge in [-0.25, -0.2) is 28.3 Å². The average molecular weight is 618 g/mol. The summed E-state index contributed by atoms with van der Waals surface area (Å²) in [6.45, 7) is 13.8. The van der Waals surface area contributed by atoms with Crippen LogP contribution in [0.5, 0.6) is 5.75 Å². The van der Waals surface area contributed by atoms with Gasteiger partial charge >= 0.3 is 12.2 Å². The standard InChI is InChI=1S/C32H45F2N5O5/c1-20(2)43-31(41)38-12-9-22(10-13-38)21(3)11-14-42-24-16-35-29(36-17-24)39-18-26(25-8-7-23(33)15-27(25)34)28(19-39)37-30(40)44-32(4,5)6/h7-8,15-17,20-22,26,28H,9-14,18-19H2,1-6H3,(H,37,40)/t21-,26?,28?/m1/s1. The zero-order valence-corrected chi connectivity index (χ0v) is 26.5. The molecule has 1 N–H and O–H groups in total. The van der Waals surface area contributed by atoms with Crippen LogP contribution < -0.4 is 15.0 Å². The molecular weight excluding hydrogens is 572 g/mol. The summed E-state index contributed by atoms with van der Waals surface area (Å²) >= 11 is 0. The number of hydrogen-bond acceptors (Lipinski definition) is 8. The molecule has 44 heavy (non-hydrogen) atoms. The lowest BCUT2D eigenvalue weighted by atomic mass is 9.84. The smallest absolute Gasteiger partial charge is 0.410 e. The Balaban J connectivity index is 1.31. The first-order chi connectivity index (χ1) is 20.8. The summed E-state index contributed by atoms with van der Waals surface area (Å²) < 4.78 is 45.1. The van der Waals surface area contributed by atoms with E-state index in [4.69, 9.17) is 14.2 Å². The zero-order chi connectivity index (χ0) is 32.0. The predicted octanol–water partition coefficient (Wildman–Crippen LogP) is 5.91. The Kier molecular flexibility index (Phi) is 10.9. The fourth-order valence-corrected chi connectivity index (χ4v) is 5.76. The Morgan fingerprint density at radius 1 is 1.07 bits per heavy atom. The molecule has 0 aliphatic carbocycles. The largest absolute Gasteiger partial charge is 0.490 e. The Morgan fingerprint density at radius 3 is 2.36 bits per heavy atom. The molecule has 0 bridgehead atoms. The lowest BCUT2D eigenvalue weighted by molar-refractivity contribution is 0.0503. The number of anilines is 1. The van der Waals surface area contributed by atoms with E-state index in [1.165, 1.54) is 12.1 Å². The summed E-state index contributed by atoms with van der Waals surface area (Å²) in [4.78, 5) is 37.3. The van der Waals surface area contributed by atoms with E-state index in [0.717, 1.165) is 25.3 Å². The van der Waals surface area contributed by atoms with Crippen molar-refractivity contribution < 1.29 is 32.6 Å². The van der Waals surface area contributed by atoms with Crippen molar-refractivity contribution >= 4 is 18.1 Å². The van der Waals surface area contributed by atoms with Gasteiger partial charge in [0.2, 0.25) is 5.95 Å². The van der Waals surface area contributed by atoms with Crippen molar-refractivity contribution in [3.8, 4) is 5.75 Å². The zero-order valence-electron chi connectivity index (χ0n) is 26.5. The summed E-state index contributed by atoms with van der Waals surface area (Å²) in [6, 6.07) is 2.95. The maximum atomic E-state index is 14.8. The van der Waals surface area contributed by atoms with Gasteiger partial charge in [-0.05, 0) is 77.3 Å². The van der Waals surface area contributed by atoms with Gasteiger partial charge in [0, 0.05) is 38.2 Å². The molecular formula is C32H45F2N5O5. The van der Waals surface area contributed by atoms with Crippen LogP contribution in [0.2, 0.25) is 0 Å². The normalized spacial score (nSPS) is 20.0. The van der Waals surface area contributed by atoms with Gasteiger partial charge in [-0.15, -0.1) is 0 Å². The summed E-state index contributed by atoms with van der Waals surface area (Å²) in [5.41, 5.74) is -0.402. The maximum Gasteiger partial charge on any atom is 0.410 e. The van der Waals surface area contributed by atoms with Crippen LogP contribution in [-0.2, 0) is 9.47 Å². The van der Waals surface area contributed by atoms with E-state index >= 15 is 0 Å². The summed E-state index contributed by atoms with van der Waals surface area (Å²) in [7, 11) is 0. The molecule has 2 aromatic rings. The number of carbonyl (C=O) groups is 2. The third-order valence-electron chi connectivity index (χ3n) is 8.06. The number of amides is 2. The van der Waals surface area contributed by atoms with Gasteiger partial charge in [-0.1, -0.05) is 13.0 Å². The number of likely N-dealkylation sites (tertiary alicyclic amines) is 1. The average Bonchev–Trinajstić information content (AvgIpc) is 3.35. The van der Waals surface area contributed by atoms with Crippen molar-refractivity contribution in [3.63, 3.8) is 0 Å². The molecule has 2 amide bonds. The van der Waals surface area contributed by atoms with Crippen LogP contribution in [0.1, 0.15) is 72.3 Å². The van der Waals surface area contributed by atoms with Gasteiger partial charge in [0.25, 0.3) is 0 Å². The minimum absolute atomic E-state index is 0.120. The van der Waals surface area contributed by atoms with Crippen LogP contribution in [0.3, 0.4) is 0 Å². The lowest BCUT2D eigenvalue weighted by Crippen LogP contribution is -2.43. The number of hydrogen-bond donors (Lipinski definition) is 1. The number of ether oxygens (including phenoxy) is 3. The fourth-order valence-electron chi connectivity index (χ4n) is 5.76. The van der Waals surface area contributed by atoms with Crippen LogP contribution in [0, 0.1) is 23.5 Å². The molecule has 2 saturated heterocycles. The van der Waals surface area contributed by atoms with Crippen LogP contribution >= 0.6 is 0 Å².